The molecule has 0 saturated carbocycles. The Balaban J connectivity index is 1.49. The minimum Gasteiger partial charge on any atom is -0.494 e. The standard InChI is InChI=1S/C19H21FN6O2/c1-12-10-13(2)26(25-12)18-7-6-17(23-24-18)21-8-9-22-19(27)14-4-5-16(28-3)15(20)11-14/h4-7,10-11H,8-9H2,1-3H3,(H,21,23)(H,22,27). The van der Waals surface area contributed by atoms with Crippen LogP contribution in [0.1, 0.15) is 21.7 Å². The highest BCUT2D eigenvalue weighted by Gasteiger charge is 2.10. The first-order valence-corrected chi connectivity index (χ1v) is 8.71. The van der Waals surface area contributed by atoms with Crippen molar-refractivity contribution in [3.8, 4) is 11.6 Å². The van der Waals surface area contributed by atoms with Gasteiger partial charge in [-0.3, -0.25) is 4.79 Å². The lowest BCUT2D eigenvalue weighted by atomic mass is 10.2. The number of amides is 1. The number of aryl methyl sites for hydroxylation is 2. The number of ether oxygens (including phenoxy) is 1. The Morgan fingerprint density at radius 3 is 2.57 bits per heavy atom. The molecule has 1 amide bonds. The lowest BCUT2D eigenvalue weighted by Gasteiger charge is -2.09. The first kappa shape index (κ1) is 19.3. The fourth-order valence-corrected chi connectivity index (χ4v) is 2.67. The van der Waals surface area contributed by atoms with E-state index in [2.05, 4.69) is 25.9 Å². The summed E-state index contributed by atoms with van der Waals surface area (Å²) in [6.45, 7) is 4.65. The summed E-state index contributed by atoms with van der Waals surface area (Å²) in [6.07, 6.45) is 0. The number of hydrogen-bond acceptors (Lipinski definition) is 6. The summed E-state index contributed by atoms with van der Waals surface area (Å²) in [5, 5.41) is 18.4. The smallest absolute Gasteiger partial charge is 0.251 e. The van der Waals surface area contributed by atoms with Crippen molar-refractivity contribution in [2.75, 3.05) is 25.5 Å². The molecule has 0 aliphatic rings. The SMILES string of the molecule is COc1ccc(C(=O)NCCNc2ccc(-n3nc(C)cc3C)nn2)cc1F. The molecule has 0 aliphatic carbocycles. The number of nitrogens with one attached hydrogen (secondary N) is 2. The van der Waals surface area contributed by atoms with Crippen LogP contribution in [-0.2, 0) is 0 Å². The molecule has 0 fully saturated rings. The molecule has 1 aromatic carbocycles. The Bertz CT molecular complexity index is 971. The minimum atomic E-state index is -0.578. The van der Waals surface area contributed by atoms with Crippen LogP contribution in [0.4, 0.5) is 10.2 Å². The van der Waals surface area contributed by atoms with E-state index >= 15 is 0 Å². The molecule has 3 aromatic rings. The molecule has 0 bridgehead atoms. The molecule has 0 radical (unpaired) electrons. The number of rotatable bonds is 7. The maximum Gasteiger partial charge on any atom is 0.251 e. The van der Waals surface area contributed by atoms with Crippen LogP contribution in [-0.4, -0.2) is 46.1 Å². The first-order valence-electron chi connectivity index (χ1n) is 8.71. The first-order chi connectivity index (χ1) is 13.5. The predicted octanol–water partition coefficient (Wildman–Crippen LogP) is 2.27. The third kappa shape index (κ3) is 4.43. The van der Waals surface area contributed by atoms with E-state index in [0.29, 0.717) is 24.7 Å². The zero-order valence-electron chi connectivity index (χ0n) is 15.9. The van der Waals surface area contributed by atoms with Crippen molar-refractivity contribution in [1.29, 1.82) is 0 Å². The van der Waals surface area contributed by atoms with E-state index in [1.54, 1.807) is 10.7 Å². The molecule has 9 heteroatoms. The molecule has 2 heterocycles. The van der Waals surface area contributed by atoms with Gasteiger partial charge in [-0.25, -0.2) is 9.07 Å². The Morgan fingerprint density at radius 1 is 1.14 bits per heavy atom. The van der Waals surface area contributed by atoms with Crippen molar-refractivity contribution in [1.82, 2.24) is 25.3 Å². The average molecular weight is 384 g/mol. The Morgan fingerprint density at radius 2 is 1.96 bits per heavy atom. The third-order valence-electron chi connectivity index (χ3n) is 4.01. The fraction of sp³-hybridized carbons (Fsp3) is 0.263. The molecule has 2 aromatic heterocycles. The van der Waals surface area contributed by atoms with Crippen LogP contribution in [0.3, 0.4) is 0 Å². The van der Waals surface area contributed by atoms with E-state index in [1.807, 2.05) is 26.0 Å². The van der Waals surface area contributed by atoms with Gasteiger partial charge < -0.3 is 15.4 Å². The van der Waals surface area contributed by atoms with Crippen LogP contribution in [0, 0.1) is 19.7 Å². The summed E-state index contributed by atoms with van der Waals surface area (Å²) >= 11 is 0. The molecule has 3 rings (SSSR count). The fourth-order valence-electron chi connectivity index (χ4n) is 2.67. The second-order valence-corrected chi connectivity index (χ2v) is 6.15. The number of nitrogens with zero attached hydrogens (tertiary/aromatic N) is 4. The van der Waals surface area contributed by atoms with Gasteiger partial charge in [0.2, 0.25) is 0 Å². The van der Waals surface area contributed by atoms with E-state index < -0.39 is 5.82 Å². The Hall–Kier alpha value is -3.49. The van der Waals surface area contributed by atoms with Crippen molar-refractivity contribution in [3.63, 3.8) is 0 Å². The lowest BCUT2D eigenvalue weighted by Crippen LogP contribution is -2.29. The zero-order valence-corrected chi connectivity index (χ0v) is 15.9. The van der Waals surface area contributed by atoms with Crippen molar-refractivity contribution in [2.45, 2.75) is 13.8 Å². The molecule has 0 spiro atoms. The number of benzene rings is 1. The van der Waals surface area contributed by atoms with Gasteiger partial charge in [-0.15, -0.1) is 10.2 Å². The Kier molecular flexibility index (Phi) is 5.83. The van der Waals surface area contributed by atoms with Gasteiger partial charge in [-0.05, 0) is 50.2 Å². The van der Waals surface area contributed by atoms with Gasteiger partial charge in [0.1, 0.15) is 5.82 Å². The van der Waals surface area contributed by atoms with E-state index in [9.17, 15) is 9.18 Å². The molecule has 0 atom stereocenters. The maximum atomic E-state index is 13.7. The van der Waals surface area contributed by atoms with Gasteiger partial charge in [0.25, 0.3) is 5.91 Å². The molecule has 146 valence electrons. The number of carbonyl (C=O) groups excluding carboxylic acids is 1. The van der Waals surface area contributed by atoms with Gasteiger partial charge in [0.05, 0.1) is 12.8 Å². The number of halogens is 1. The number of methoxy groups -OCH3 is 1. The molecule has 2 N–H and O–H groups in total. The molecule has 8 nitrogen and oxygen atoms in total. The summed E-state index contributed by atoms with van der Waals surface area (Å²) in [4.78, 5) is 12.1. The summed E-state index contributed by atoms with van der Waals surface area (Å²) in [5.41, 5.74) is 2.12. The Labute approximate surface area is 161 Å². The van der Waals surface area contributed by atoms with Crippen molar-refractivity contribution >= 4 is 11.7 Å². The molecule has 28 heavy (non-hydrogen) atoms. The van der Waals surface area contributed by atoms with Crippen LogP contribution in [0.5, 0.6) is 5.75 Å². The highest BCUT2D eigenvalue weighted by molar-refractivity contribution is 5.94. The van der Waals surface area contributed by atoms with Crippen molar-refractivity contribution in [3.05, 3.63) is 59.2 Å². The van der Waals surface area contributed by atoms with Gasteiger partial charge in [0.15, 0.2) is 17.4 Å². The van der Waals surface area contributed by atoms with Crippen LogP contribution in [0.2, 0.25) is 0 Å². The summed E-state index contributed by atoms with van der Waals surface area (Å²) in [7, 11) is 1.37. The lowest BCUT2D eigenvalue weighted by molar-refractivity contribution is 0.0954. The highest BCUT2D eigenvalue weighted by atomic mass is 19.1. The normalized spacial score (nSPS) is 10.6. The molecular weight excluding hydrogens is 363 g/mol. The van der Waals surface area contributed by atoms with Crippen LogP contribution in [0.15, 0.2) is 36.4 Å². The summed E-state index contributed by atoms with van der Waals surface area (Å²) in [5.74, 6) is 0.363. The largest absolute Gasteiger partial charge is 0.494 e. The molecular formula is C19H21FN6O2. The molecule has 0 aliphatic heterocycles. The summed E-state index contributed by atoms with van der Waals surface area (Å²) < 4.78 is 20.2. The van der Waals surface area contributed by atoms with E-state index in [1.165, 1.54) is 19.2 Å². The molecule has 0 unspecified atom stereocenters. The summed E-state index contributed by atoms with van der Waals surface area (Å²) in [6, 6.07) is 9.64. The van der Waals surface area contributed by atoms with Crippen LogP contribution < -0.4 is 15.4 Å². The van der Waals surface area contributed by atoms with E-state index in [0.717, 1.165) is 17.5 Å². The average Bonchev–Trinajstić information content (AvgIpc) is 3.03. The van der Waals surface area contributed by atoms with Gasteiger partial charge >= 0.3 is 0 Å². The zero-order chi connectivity index (χ0) is 20.1. The highest BCUT2D eigenvalue weighted by Crippen LogP contribution is 2.17. The monoisotopic (exact) mass is 384 g/mol. The number of aromatic nitrogens is 4. The predicted molar refractivity (Wildman–Crippen MR) is 102 cm³/mol. The van der Waals surface area contributed by atoms with Gasteiger partial charge in [0, 0.05) is 24.3 Å². The second kappa shape index (κ2) is 8.47. The van der Waals surface area contributed by atoms with E-state index in [-0.39, 0.29) is 17.2 Å². The van der Waals surface area contributed by atoms with Crippen molar-refractivity contribution < 1.29 is 13.9 Å². The van der Waals surface area contributed by atoms with Crippen molar-refractivity contribution in [2.24, 2.45) is 0 Å². The third-order valence-corrected chi connectivity index (χ3v) is 4.01. The molecule has 0 saturated heterocycles. The maximum absolute atomic E-state index is 13.7. The van der Waals surface area contributed by atoms with Gasteiger partial charge in [-0.2, -0.15) is 5.10 Å². The van der Waals surface area contributed by atoms with Gasteiger partial charge in [-0.1, -0.05) is 0 Å². The number of hydrogen-bond donors (Lipinski definition) is 2. The minimum absolute atomic E-state index is 0.0979. The van der Waals surface area contributed by atoms with Crippen LogP contribution >= 0.6 is 0 Å². The van der Waals surface area contributed by atoms with E-state index in [4.69, 9.17) is 4.74 Å². The number of carbonyl (C=O) groups is 1. The van der Waals surface area contributed by atoms with Crippen LogP contribution in [0.25, 0.3) is 5.82 Å². The topological polar surface area (TPSA) is 94.0 Å². The second-order valence-electron chi connectivity index (χ2n) is 6.15. The quantitative estimate of drug-likeness (QED) is 0.607. The number of anilines is 1.